The number of halogens is 1. The minimum Gasteiger partial charge on any atom is -0.488 e. The number of carbonyl (C=O) groups is 2. The Hall–Kier alpha value is -3.07. The summed E-state index contributed by atoms with van der Waals surface area (Å²) < 4.78 is 34.6. The van der Waals surface area contributed by atoms with Crippen molar-refractivity contribution in [1.82, 2.24) is 0 Å². The number of hydrogen-bond acceptors (Lipinski definition) is 8. The van der Waals surface area contributed by atoms with Crippen molar-refractivity contribution in [2.45, 2.75) is 64.6 Å². The first-order valence-electron chi connectivity index (χ1n) is 14.2. The van der Waals surface area contributed by atoms with Gasteiger partial charge in [0, 0.05) is 53.6 Å². The van der Waals surface area contributed by atoms with Gasteiger partial charge in [-0.2, -0.15) is 0 Å². The Morgan fingerprint density at radius 1 is 0.683 bits per heavy atom. The summed E-state index contributed by atoms with van der Waals surface area (Å²) in [6, 6.07) is 13.2. The van der Waals surface area contributed by atoms with E-state index >= 15 is 0 Å². The summed E-state index contributed by atoms with van der Waals surface area (Å²) >= 11 is 6.43. The van der Waals surface area contributed by atoms with Crippen LogP contribution in [-0.2, 0) is 28.5 Å². The van der Waals surface area contributed by atoms with Gasteiger partial charge in [0.05, 0.1) is 13.2 Å². The zero-order valence-corrected chi connectivity index (χ0v) is 25.2. The molecule has 9 heteroatoms. The van der Waals surface area contributed by atoms with Crippen LogP contribution >= 0.6 is 11.6 Å². The van der Waals surface area contributed by atoms with Gasteiger partial charge >= 0.3 is 11.9 Å². The Kier molecular flexibility index (Phi) is 13.5. The van der Waals surface area contributed by atoms with Gasteiger partial charge in [-0.3, -0.25) is 9.59 Å². The highest BCUT2D eigenvalue weighted by atomic mass is 35.5. The molecule has 0 aromatic heterocycles. The predicted octanol–water partition coefficient (Wildman–Crippen LogP) is 6.90. The van der Waals surface area contributed by atoms with Crippen LogP contribution in [0.15, 0.2) is 42.5 Å². The van der Waals surface area contributed by atoms with Gasteiger partial charge in [0.15, 0.2) is 12.2 Å². The number of fused-ring (bicyclic) bond motifs is 2. The van der Waals surface area contributed by atoms with Gasteiger partial charge in [0.25, 0.3) is 0 Å². The molecule has 0 aliphatic heterocycles. The van der Waals surface area contributed by atoms with Gasteiger partial charge in [0.1, 0.15) is 24.7 Å². The smallest absolute Gasteiger partial charge is 0.306 e. The summed E-state index contributed by atoms with van der Waals surface area (Å²) in [5.74, 6) is 0.657. The van der Waals surface area contributed by atoms with Crippen molar-refractivity contribution in [1.29, 1.82) is 0 Å². The van der Waals surface area contributed by atoms with Crippen molar-refractivity contribution < 1.29 is 38.0 Å². The number of methoxy groups -OCH3 is 2. The lowest BCUT2D eigenvalue weighted by Gasteiger charge is -2.22. The lowest BCUT2D eigenvalue weighted by molar-refractivity contribution is -0.154. The molecule has 224 valence electrons. The molecule has 2 atom stereocenters. The Morgan fingerprint density at radius 3 is 1.61 bits per heavy atom. The minimum absolute atomic E-state index is 0.0984. The number of hydrogen-bond donors (Lipinski definition) is 0. The number of benzene rings is 3. The van der Waals surface area contributed by atoms with E-state index in [1.165, 1.54) is 0 Å². The van der Waals surface area contributed by atoms with Crippen molar-refractivity contribution in [3.63, 3.8) is 0 Å². The first-order valence-corrected chi connectivity index (χ1v) is 14.6. The summed E-state index contributed by atoms with van der Waals surface area (Å²) in [7, 11) is 3.12. The Balaban J connectivity index is 1.94. The average Bonchev–Trinajstić information content (AvgIpc) is 2.96. The molecule has 0 fully saturated rings. The number of rotatable bonds is 18. The highest BCUT2D eigenvalue weighted by Crippen LogP contribution is 2.43. The molecule has 0 saturated carbocycles. The molecule has 3 aromatic carbocycles. The van der Waals surface area contributed by atoms with Crippen LogP contribution in [-0.4, -0.2) is 64.8 Å². The number of carbonyl (C=O) groups excluding carboxylic acids is 2. The van der Waals surface area contributed by atoms with Crippen molar-refractivity contribution in [2.24, 2.45) is 0 Å². The normalized spacial score (nSPS) is 12.7. The Morgan fingerprint density at radius 2 is 1.15 bits per heavy atom. The highest BCUT2D eigenvalue weighted by Gasteiger charge is 2.22. The van der Waals surface area contributed by atoms with E-state index in [-0.39, 0.29) is 38.4 Å². The molecule has 0 aliphatic carbocycles. The van der Waals surface area contributed by atoms with Gasteiger partial charge in [-0.15, -0.1) is 0 Å². The van der Waals surface area contributed by atoms with Gasteiger partial charge in [0.2, 0.25) is 0 Å². The van der Waals surface area contributed by atoms with Crippen LogP contribution in [0.5, 0.6) is 11.5 Å². The lowest BCUT2D eigenvalue weighted by atomic mass is 10.0. The van der Waals surface area contributed by atoms with E-state index in [0.717, 1.165) is 47.2 Å². The third-order valence-corrected chi connectivity index (χ3v) is 6.72. The molecule has 0 saturated heterocycles. The monoisotopic (exact) mass is 588 g/mol. The highest BCUT2D eigenvalue weighted by molar-refractivity contribution is 6.31. The fraction of sp³-hybridized carbons (Fsp3) is 0.500. The maximum atomic E-state index is 12.3. The molecule has 2 unspecified atom stereocenters. The lowest BCUT2D eigenvalue weighted by Crippen LogP contribution is -2.29. The first-order chi connectivity index (χ1) is 19.9. The molecular formula is C32H41ClO8. The van der Waals surface area contributed by atoms with E-state index in [0.29, 0.717) is 29.4 Å². The van der Waals surface area contributed by atoms with Crippen molar-refractivity contribution >= 4 is 45.1 Å². The topological polar surface area (TPSA) is 89.5 Å². The maximum absolute atomic E-state index is 12.3. The third kappa shape index (κ3) is 9.48. The molecule has 0 amide bonds. The van der Waals surface area contributed by atoms with E-state index in [1.807, 2.05) is 50.2 Å². The fourth-order valence-electron chi connectivity index (χ4n) is 4.47. The third-order valence-electron chi connectivity index (χ3n) is 6.48. The summed E-state index contributed by atoms with van der Waals surface area (Å²) in [5.41, 5.74) is 0. The first kappa shape index (κ1) is 32.4. The van der Waals surface area contributed by atoms with Crippen LogP contribution in [0, 0.1) is 0 Å². The second-order valence-electron chi connectivity index (χ2n) is 9.86. The molecule has 3 rings (SSSR count). The van der Waals surface area contributed by atoms with Crippen LogP contribution in [0.2, 0.25) is 5.02 Å². The molecule has 0 bridgehead atoms. The summed E-state index contributed by atoms with van der Waals surface area (Å²) in [6.07, 6.45) is 2.89. The fourth-order valence-corrected chi connectivity index (χ4v) is 4.64. The standard InChI is InChI=1S/C32H41ClO8/c1-5-7-13-29(34)40-23(18-36-3)20-38-31-25-11-9-10-12-26(25)32(28-17-22(33)15-16-27(28)31)39-21-24(19-37-4)41-30(35)14-8-6-2/h9-12,15-17,23-24H,5-8,13-14,18-21H2,1-4H3. The predicted molar refractivity (Wildman–Crippen MR) is 160 cm³/mol. The molecule has 3 aromatic rings. The van der Waals surface area contributed by atoms with Crippen molar-refractivity contribution in [3.8, 4) is 11.5 Å². The van der Waals surface area contributed by atoms with Gasteiger partial charge in [-0.05, 0) is 31.0 Å². The van der Waals surface area contributed by atoms with E-state index in [1.54, 1.807) is 20.3 Å². The average molecular weight is 589 g/mol. The number of unbranched alkanes of at least 4 members (excludes halogenated alkanes) is 2. The van der Waals surface area contributed by atoms with Gasteiger partial charge in [-0.1, -0.05) is 62.6 Å². The molecule has 0 heterocycles. The number of esters is 2. The van der Waals surface area contributed by atoms with Gasteiger partial charge < -0.3 is 28.4 Å². The van der Waals surface area contributed by atoms with Gasteiger partial charge in [-0.25, -0.2) is 0 Å². The Bertz CT molecular complexity index is 1280. The van der Waals surface area contributed by atoms with Crippen LogP contribution in [0.1, 0.15) is 52.4 Å². The zero-order valence-electron chi connectivity index (χ0n) is 24.4. The van der Waals surface area contributed by atoms with Crippen molar-refractivity contribution in [3.05, 3.63) is 47.5 Å². The molecule has 8 nitrogen and oxygen atoms in total. The summed E-state index contributed by atoms with van der Waals surface area (Å²) in [4.78, 5) is 24.6. The number of ether oxygens (including phenoxy) is 6. The molecule has 0 spiro atoms. The quantitative estimate of drug-likeness (QED) is 0.117. The van der Waals surface area contributed by atoms with Crippen LogP contribution < -0.4 is 9.47 Å². The minimum atomic E-state index is -0.578. The molecular weight excluding hydrogens is 548 g/mol. The molecule has 0 N–H and O–H groups in total. The van der Waals surface area contributed by atoms with Crippen LogP contribution in [0.25, 0.3) is 21.5 Å². The van der Waals surface area contributed by atoms with E-state index in [2.05, 4.69) is 0 Å². The van der Waals surface area contributed by atoms with E-state index in [9.17, 15) is 9.59 Å². The largest absolute Gasteiger partial charge is 0.488 e. The summed E-state index contributed by atoms with van der Waals surface area (Å²) in [6.45, 7) is 4.66. The maximum Gasteiger partial charge on any atom is 0.306 e. The van der Waals surface area contributed by atoms with Crippen molar-refractivity contribution in [2.75, 3.05) is 40.6 Å². The van der Waals surface area contributed by atoms with Crippen LogP contribution in [0.4, 0.5) is 0 Å². The molecule has 41 heavy (non-hydrogen) atoms. The zero-order chi connectivity index (χ0) is 29.6. The molecule has 0 aliphatic rings. The SMILES string of the molecule is CCCCC(=O)OC(COC)COc1c2ccccc2c(OCC(COC)OC(=O)CCCC)c2cc(Cl)ccc12. The van der Waals surface area contributed by atoms with Crippen LogP contribution in [0.3, 0.4) is 0 Å². The second-order valence-corrected chi connectivity index (χ2v) is 10.3. The second kappa shape index (κ2) is 17.0. The Labute approximate surface area is 247 Å². The molecule has 0 radical (unpaired) electrons. The van der Waals surface area contributed by atoms with E-state index in [4.69, 9.17) is 40.0 Å². The van der Waals surface area contributed by atoms with E-state index < -0.39 is 12.2 Å². The summed E-state index contributed by atoms with van der Waals surface area (Å²) in [5, 5.41) is 3.66.